The summed E-state index contributed by atoms with van der Waals surface area (Å²) in [7, 11) is 0. The van der Waals surface area contributed by atoms with Crippen molar-refractivity contribution in [2.45, 2.75) is 6.61 Å². The molecule has 0 unspecified atom stereocenters. The molecule has 0 heterocycles. The van der Waals surface area contributed by atoms with Crippen molar-refractivity contribution < 1.29 is 19.4 Å². The summed E-state index contributed by atoms with van der Waals surface area (Å²) in [6.07, 6.45) is 1.62. The molecule has 86 valence electrons. The first-order valence-electron chi connectivity index (χ1n) is 4.30. The smallest absolute Gasteiger partial charge is 0.331 e. The monoisotopic (exact) mass is 223 g/mol. The summed E-state index contributed by atoms with van der Waals surface area (Å²) >= 11 is 0. The van der Waals surface area contributed by atoms with Crippen LogP contribution in [0.15, 0.2) is 42.5 Å². The standard InChI is InChI=1S/C11H10O4.H3N/c12-10(13)6-7-11(14)15-8-9-4-2-1-3-5-9;/h1-7H,8H2,(H,12,13);1H3/b7-6-;. The molecule has 0 amide bonds. The zero-order chi connectivity index (χ0) is 11.1. The lowest BCUT2D eigenvalue weighted by Crippen LogP contribution is -2.01. The van der Waals surface area contributed by atoms with E-state index in [0.717, 1.165) is 17.7 Å². The number of esters is 1. The van der Waals surface area contributed by atoms with Crippen LogP contribution >= 0.6 is 0 Å². The number of benzene rings is 1. The molecule has 0 saturated carbocycles. The maximum atomic E-state index is 10.9. The molecule has 4 N–H and O–H groups in total. The van der Waals surface area contributed by atoms with Crippen LogP contribution in [0.2, 0.25) is 0 Å². The first-order chi connectivity index (χ1) is 7.18. The van der Waals surface area contributed by atoms with Gasteiger partial charge in [0.05, 0.1) is 0 Å². The van der Waals surface area contributed by atoms with E-state index in [9.17, 15) is 9.59 Å². The molecule has 0 spiro atoms. The Kier molecular flexibility index (Phi) is 6.23. The van der Waals surface area contributed by atoms with Gasteiger partial charge in [-0.15, -0.1) is 0 Å². The minimum absolute atomic E-state index is 0. The molecule has 1 aromatic carbocycles. The van der Waals surface area contributed by atoms with E-state index in [0.29, 0.717) is 0 Å². The highest BCUT2D eigenvalue weighted by atomic mass is 16.5. The Morgan fingerprint density at radius 1 is 1.19 bits per heavy atom. The second-order valence-electron chi connectivity index (χ2n) is 2.76. The SMILES string of the molecule is N.O=C(O)/C=C\C(=O)OCc1ccccc1. The van der Waals surface area contributed by atoms with Gasteiger partial charge in [-0.1, -0.05) is 30.3 Å². The summed E-state index contributed by atoms with van der Waals surface area (Å²) in [6, 6.07) is 9.14. The predicted octanol–water partition coefficient (Wildman–Crippen LogP) is 1.53. The van der Waals surface area contributed by atoms with Gasteiger partial charge in [0.25, 0.3) is 0 Å². The highest BCUT2D eigenvalue weighted by molar-refractivity contribution is 5.90. The van der Waals surface area contributed by atoms with Crippen LogP contribution in [-0.4, -0.2) is 17.0 Å². The topological polar surface area (TPSA) is 98.6 Å². The summed E-state index contributed by atoms with van der Waals surface area (Å²) in [5.41, 5.74) is 0.856. The molecule has 0 aliphatic carbocycles. The normalized spacial score (nSPS) is 9.50. The lowest BCUT2D eigenvalue weighted by Gasteiger charge is -2.00. The zero-order valence-electron chi connectivity index (χ0n) is 8.63. The lowest BCUT2D eigenvalue weighted by atomic mass is 10.2. The van der Waals surface area contributed by atoms with Gasteiger partial charge in [0, 0.05) is 12.2 Å². The van der Waals surface area contributed by atoms with E-state index >= 15 is 0 Å². The fraction of sp³-hybridized carbons (Fsp3) is 0.0909. The van der Waals surface area contributed by atoms with Crippen molar-refractivity contribution in [3.63, 3.8) is 0 Å². The fourth-order valence-corrected chi connectivity index (χ4v) is 0.916. The second-order valence-corrected chi connectivity index (χ2v) is 2.76. The van der Waals surface area contributed by atoms with E-state index in [1.807, 2.05) is 30.3 Å². The maximum absolute atomic E-state index is 10.9. The number of hydrogen-bond donors (Lipinski definition) is 2. The first kappa shape index (κ1) is 13.9. The van der Waals surface area contributed by atoms with Crippen molar-refractivity contribution >= 4 is 11.9 Å². The van der Waals surface area contributed by atoms with Gasteiger partial charge in [-0.25, -0.2) is 9.59 Å². The highest BCUT2D eigenvalue weighted by Crippen LogP contribution is 2.00. The Balaban J connectivity index is 0.00000225. The Labute approximate surface area is 92.9 Å². The predicted molar refractivity (Wildman–Crippen MR) is 58.0 cm³/mol. The number of carboxylic acid groups (broad SMARTS) is 1. The minimum Gasteiger partial charge on any atom is -0.478 e. The molecule has 0 aromatic heterocycles. The summed E-state index contributed by atoms with van der Waals surface area (Å²) in [5.74, 6) is -1.84. The third-order valence-electron chi connectivity index (χ3n) is 1.59. The van der Waals surface area contributed by atoms with Crippen molar-refractivity contribution in [2.24, 2.45) is 0 Å². The molecule has 0 fully saturated rings. The minimum atomic E-state index is -1.17. The largest absolute Gasteiger partial charge is 0.478 e. The fourth-order valence-electron chi connectivity index (χ4n) is 0.916. The number of carboxylic acids is 1. The number of hydrogen-bond acceptors (Lipinski definition) is 4. The summed E-state index contributed by atoms with van der Waals surface area (Å²) in [4.78, 5) is 21.0. The van der Waals surface area contributed by atoms with Crippen LogP contribution in [0.4, 0.5) is 0 Å². The van der Waals surface area contributed by atoms with Crippen molar-refractivity contribution in [2.75, 3.05) is 0 Å². The molecule has 1 aromatic rings. The maximum Gasteiger partial charge on any atom is 0.331 e. The van der Waals surface area contributed by atoms with Gasteiger partial charge in [0.2, 0.25) is 0 Å². The molecule has 0 atom stereocenters. The molecule has 0 aliphatic rings. The van der Waals surface area contributed by atoms with E-state index in [1.54, 1.807) is 0 Å². The molecule has 0 radical (unpaired) electrons. The van der Waals surface area contributed by atoms with Crippen LogP contribution in [0.25, 0.3) is 0 Å². The molecular weight excluding hydrogens is 210 g/mol. The van der Waals surface area contributed by atoms with Crippen LogP contribution < -0.4 is 6.15 Å². The number of ether oxygens (including phenoxy) is 1. The van der Waals surface area contributed by atoms with Gasteiger partial charge in [0.15, 0.2) is 0 Å². The number of rotatable bonds is 4. The second kappa shape index (κ2) is 7.19. The molecule has 0 aliphatic heterocycles. The van der Waals surface area contributed by atoms with Crippen LogP contribution in [0.3, 0.4) is 0 Å². The van der Waals surface area contributed by atoms with Gasteiger partial charge in [-0.05, 0) is 5.56 Å². The molecule has 0 saturated heterocycles. The summed E-state index contributed by atoms with van der Waals surface area (Å²) < 4.78 is 4.79. The molecule has 5 heteroatoms. The van der Waals surface area contributed by atoms with Gasteiger partial charge in [0.1, 0.15) is 6.61 Å². The van der Waals surface area contributed by atoms with E-state index in [2.05, 4.69) is 0 Å². The molecular formula is C11H13NO4. The van der Waals surface area contributed by atoms with E-state index in [1.165, 1.54) is 0 Å². The molecule has 0 bridgehead atoms. The molecule has 16 heavy (non-hydrogen) atoms. The third-order valence-corrected chi connectivity index (χ3v) is 1.59. The van der Waals surface area contributed by atoms with Gasteiger partial charge in [-0.2, -0.15) is 0 Å². The zero-order valence-corrected chi connectivity index (χ0v) is 8.63. The third kappa shape index (κ3) is 5.56. The van der Waals surface area contributed by atoms with Crippen LogP contribution in [-0.2, 0) is 20.9 Å². The van der Waals surface area contributed by atoms with E-state index < -0.39 is 11.9 Å². The van der Waals surface area contributed by atoms with E-state index in [4.69, 9.17) is 9.84 Å². The molecule has 1 rings (SSSR count). The Bertz CT molecular complexity index is 373. The lowest BCUT2D eigenvalue weighted by molar-refractivity contribution is -0.139. The van der Waals surface area contributed by atoms with Gasteiger partial charge < -0.3 is 16.0 Å². The quantitative estimate of drug-likeness (QED) is 0.595. The van der Waals surface area contributed by atoms with Crippen LogP contribution in [0, 0.1) is 0 Å². The van der Waals surface area contributed by atoms with Gasteiger partial charge in [-0.3, -0.25) is 0 Å². The van der Waals surface area contributed by atoms with Crippen LogP contribution in [0.5, 0.6) is 0 Å². The Hall–Kier alpha value is -2.14. The first-order valence-corrected chi connectivity index (χ1v) is 4.30. The van der Waals surface area contributed by atoms with E-state index in [-0.39, 0.29) is 12.8 Å². The van der Waals surface area contributed by atoms with Crippen molar-refractivity contribution in [1.82, 2.24) is 6.15 Å². The van der Waals surface area contributed by atoms with Crippen molar-refractivity contribution in [3.05, 3.63) is 48.0 Å². The number of aliphatic carboxylic acids is 1. The Morgan fingerprint density at radius 2 is 1.81 bits per heavy atom. The van der Waals surface area contributed by atoms with Gasteiger partial charge >= 0.3 is 11.9 Å². The summed E-state index contributed by atoms with van der Waals surface area (Å²) in [5, 5.41) is 8.25. The highest BCUT2D eigenvalue weighted by Gasteiger charge is 1.98. The Morgan fingerprint density at radius 3 is 2.38 bits per heavy atom. The average molecular weight is 223 g/mol. The average Bonchev–Trinajstić information content (AvgIpc) is 2.25. The van der Waals surface area contributed by atoms with Crippen molar-refractivity contribution in [3.8, 4) is 0 Å². The van der Waals surface area contributed by atoms with Crippen LogP contribution in [0.1, 0.15) is 5.56 Å². The summed E-state index contributed by atoms with van der Waals surface area (Å²) in [6.45, 7) is 0.142. The number of carbonyl (C=O) groups is 2. The van der Waals surface area contributed by atoms with Crippen molar-refractivity contribution in [1.29, 1.82) is 0 Å². The number of carbonyl (C=O) groups excluding carboxylic acids is 1. The molecule has 5 nitrogen and oxygen atoms in total.